The first-order valence-electron chi connectivity index (χ1n) is 6.40. The molecule has 1 rings (SSSR count). The zero-order valence-corrected chi connectivity index (χ0v) is 10.9. The highest BCUT2D eigenvalue weighted by Gasteiger charge is 1.99. The van der Waals surface area contributed by atoms with Gasteiger partial charge in [0.25, 0.3) is 0 Å². The third-order valence-electron chi connectivity index (χ3n) is 2.69. The Hall–Kier alpha value is -1.55. The highest BCUT2D eigenvalue weighted by molar-refractivity contribution is 5.73. The van der Waals surface area contributed by atoms with Gasteiger partial charge in [-0.25, -0.2) is 4.79 Å². The average molecular weight is 250 g/mol. The van der Waals surface area contributed by atoms with Crippen LogP contribution in [0.25, 0.3) is 0 Å². The van der Waals surface area contributed by atoms with Crippen molar-refractivity contribution in [1.82, 2.24) is 10.6 Å². The van der Waals surface area contributed by atoms with Crippen molar-refractivity contribution in [3.8, 4) is 0 Å². The number of carbonyl (C=O) groups excluding carboxylic acids is 1. The summed E-state index contributed by atoms with van der Waals surface area (Å²) >= 11 is 0. The van der Waals surface area contributed by atoms with Gasteiger partial charge in [-0.15, -0.1) is 0 Å². The minimum atomic E-state index is -0.139. The second-order valence-corrected chi connectivity index (χ2v) is 4.38. The fourth-order valence-corrected chi connectivity index (χ4v) is 1.57. The third-order valence-corrected chi connectivity index (χ3v) is 2.69. The van der Waals surface area contributed by atoms with Crippen LogP contribution in [0.5, 0.6) is 0 Å². The minimum Gasteiger partial charge on any atom is -0.396 e. The van der Waals surface area contributed by atoms with Crippen molar-refractivity contribution in [3.05, 3.63) is 35.4 Å². The molecule has 0 aliphatic rings. The van der Waals surface area contributed by atoms with E-state index in [0.29, 0.717) is 13.1 Å². The molecule has 0 aliphatic heterocycles. The number of aliphatic hydroxyl groups is 1. The van der Waals surface area contributed by atoms with Gasteiger partial charge in [-0.05, 0) is 31.7 Å². The molecular weight excluding hydrogens is 228 g/mol. The van der Waals surface area contributed by atoms with E-state index in [2.05, 4.69) is 10.6 Å². The molecule has 0 fully saturated rings. The Bertz CT molecular complexity index is 349. The summed E-state index contributed by atoms with van der Waals surface area (Å²) in [4.78, 5) is 11.4. The van der Waals surface area contributed by atoms with Gasteiger partial charge in [0, 0.05) is 19.7 Å². The first-order chi connectivity index (χ1) is 8.72. The van der Waals surface area contributed by atoms with E-state index in [-0.39, 0.29) is 12.6 Å². The summed E-state index contributed by atoms with van der Waals surface area (Å²) in [5, 5.41) is 14.2. The predicted molar refractivity (Wildman–Crippen MR) is 72.4 cm³/mol. The molecule has 1 aromatic rings. The molecule has 0 saturated carbocycles. The van der Waals surface area contributed by atoms with E-state index in [0.717, 1.165) is 24.8 Å². The van der Waals surface area contributed by atoms with Crippen molar-refractivity contribution in [2.75, 3.05) is 13.2 Å². The number of unbranched alkanes of at least 4 members (excludes halogenated alkanes) is 2. The van der Waals surface area contributed by atoms with Crippen LogP contribution in [0.2, 0.25) is 0 Å². The summed E-state index contributed by atoms with van der Waals surface area (Å²) in [6, 6.07) is 7.95. The topological polar surface area (TPSA) is 61.4 Å². The van der Waals surface area contributed by atoms with Crippen LogP contribution in [-0.4, -0.2) is 24.3 Å². The van der Waals surface area contributed by atoms with E-state index in [9.17, 15) is 4.79 Å². The summed E-state index contributed by atoms with van der Waals surface area (Å²) in [6.45, 7) is 3.46. The number of carbonyl (C=O) groups is 1. The largest absolute Gasteiger partial charge is 0.396 e. The van der Waals surface area contributed by atoms with Gasteiger partial charge in [-0.2, -0.15) is 0 Å². The van der Waals surface area contributed by atoms with Crippen LogP contribution < -0.4 is 10.6 Å². The number of hydrogen-bond donors (Lipinski definition) is 3. The Labute approximate surface area is 108 Å². The lowest BCUT2D eigenvalue weighted by molar-refractivity contribution is 0.240. The van der Waals surface area contributed by atoms with Gasteiger partial charge in [-0.1, -0.05) is 29.8 Å². The van der Waals surface area contributed by atoms with E-state index in [1.165, 1.54) is 5.56 Å². The van der Waals surface area contributed by atoms with Crippen LogP contribution in [0.1, 0.15) is 30.4 Å². The van der Waals surface area contributed by atoms with Crippen molar-refractivity contribution in [1.29, 1.82) is 0 Å². The fraction of sp³-hybridized carbons (Fsp3) is 0.500. The van der Waals surface area contributed by atoms with Crippen molar-refractivity contribution in [3.63, 3.8) is 0 Å². The smallest absolute Gasteiger partial charge is 0.315 e. The fourth-order valence-electron chi connectivity index (χ4n) is 1.57. The Kier molecular flexibility index (Phi) is 6.87. The van der Waals surface area contributed by atoms with Crippen LogP contribution in [-0.2, 0) is 6.54 Å². The van der Waals surface area contributed by atoms with Gasteiger partial charge >= 0.3 is 6.03 Å². The minimum absolute atomic E-state index is 0.139. The summed E-state index contributed by atoms with van der Waals surface area (Å²) in [5.41, 5.74) is 2.31. The number of nitrogens with one attached hydrogen (secondary N) is 2. The molecule has 0 unspecified atom stereocenters. The number of rotatable bonds is 7. The number of aryl methyl sites for hydroxylation is 1. The molecule has 1 aromatic carbocycles. The van der Waals surface area contributed by atoms with Crippen molar-refractivity contribution in [2.24, 2.45) is 0 Å². The van der Waals surface area contributed by atoms with E-state index in [4.69, 9.17) is 5.11 Å². The number of aliphatic hydroxyl groups excluding tert-OH is 1. The standard InChI is InChI=1S/C14H22N2O2/c1-12-5-7-13(8-6-12)11-16-14(18)15-9-3-2-4-10-17/h5-8,17H,2-4,9-11H2,1H3,(H2,15,16,18). The van der Waals surface area contributed by atoms with Crippen molar-refractivity contribution in [2.45, 2.75) is 32.7 Å². The molecule has 18 heavy (non-hydrogen) atoms. The Morgan fingerprint density at radius 2 is 1.83 bits per heavy atom. The second-order valence-electron chi connectivity index (χ2n) is 4.38. The normalized spacial score (nSPS) is 10.1. The molecule has 0 heterocycles. The van der Waals surface area contributed by atoms with Gasteiger partial charge in [-0.3, -0.25) is 0 Å². The third kappa shape index (κ3) is 6.25. The number of hydrogen-bond acceptors (Lipinski definition) is 2. The molecule has 100 valence electrons. The van der Waals surface area contributed by atoms with E-state index in [1.807, 2.05) is 31.2 Å². The molecule has 0 bridgehead atoms. The molecule has 2 amide bonds. The zero-order chi connectivity index (χ0) is 13.2. The first kappa shape index (κ1) is 14.5. The Morgan fingerprint density at radius 1 is 1.11 bits per heavy atom. The number of urea groups is 1. The summed E-state index contributed by atoms with van der Waals surface area (Å²) < 4.78 is 0. The molecule has 0 aliphatic carbocycles. The van der Waals surface area contributed by atoms with Gasteiger partial charge < -0.3 is 15.7 Å². The van der Waals surface area contributed by atoms with Crippen molar-refractivity contribution >= 4 is 6.03 Å². The molecular formula is C14H22N2O2. The van der Waals surface area contributed by atoms with E-state index in [1.54, 1.807) is 0 Å². The molecule has 0 saturated heterocycles. The van der Waals surface area contributed by atoms with Crippen molar-refractivity contribution < 1.29 is 9.90 Å². The van der Waals surface area contributed by atoms with Gasteiger partial charge in [0.05, 0.1) is 0 Å². The van der Waals surface area contributed by atoms with Gasteiger partial charge in [0.1, 0.15) is 0 Å². The molecule has 0 radical (unpaired) electrons. The number of benzene rings is 1. The number of amides is 2. The molecule has 0 spiro atoms. The molecule has 0 atom stereocenters. The monoisotopic (exact) mass is 250 g/mol. The van der Waals surface area contributed by atoms with Crippen LogP contribution in [0.3, 0.4) is 0 Å². The van der Waals surface area contributed by atoms with Gasteiger partial charge in [0.15, 0.2) is 0 Å². The highest BCUT2D eigenvalue weighted by Crippen LogP contribution is 2.02. The lowest BCUT2D eigenvalue weighted by atomic mass is 10.1. The predicted octanol–water partition coefficient (Wildman–Crippen LogP) is 1.96. The zero-order valence-electron chi connectivity index (χ0n) is 10.9. The summed E-state index contributed by atoms with van der Waals surface area (Å²) in [7, 11) is 0. The molecule has 0 aromatic heterocycles. The molecule has 4 nitrogen and oxygen atoms in total. The van der Waals surface area contributed by atoms with E-state index < -0.39 is 0 Å². The maximum atomic E-state index is 11.4. The van der Waals surface area contributed by atoms with Gasteiger partial charge in [0.2, 0.25) is 0 Å². The van der Waals surface area contributed by atoms with Crippen LogP contribution in [0.15, 0.2) is 24.3 Å². The van der Waals surface area contributed by atoms with Crippen LogP contribution >= 0.6 is 0 Å². The lowest BCUT2D eigenvalue weighted by Gasteiger charge is -2.07. The first-order valence-corrected chi connectivity index (χ1v) is 6.40. The quantitative estimate of drug-likeness (QED) is 0.648. The molecule has 3 N–H and O–H groups in total. The van der Waals surface area contributed by atoms with Crippen LogP contribution in [0, 0.1) is 6.92 Å². The van der Waals surface area contributed by atoms with Crippen LogP contribution in [0.4, 0.5) is 4.79 Å². The SMILES string of the molecule is Cc1ccc(CNC(=O)NCCCCCO)cc1. The maximum Gasteiger partial charge on any atom is 0.315 e. The average Bonchev–Trinajstić information content (AvgIpc) is 2.38. The summed E-state index contributed by atoms with van der Waals surface area (Å²) in [6.07, 6.45) is 2.64. The second kappa shape index (κ2) is 8.53. The lowest BCUT2D eigenvalue weighted by Crippen LogP contribution is -2.35. The molecule has 4 heteroatoms. The summed E-state index contributed by atoms with van der Waals surface area (Å²) in [5.74, 6) is 0. The highest BCUT2D eigenvalue weighted by atomic mass is 16.2. The maximum absolute atomic E-state index is 11.4. The Balaban J connectivity index is 2.11. The Morgan fingerprint density at radius 3 is 2.50 bits per heavy atom. The van der Waals surface area contributed by atoms with E-state index >= 15 is 0 Å².